The molecule has 0 aliphatic rings. The summed E-state index contributed by atoms with van der Waals surface area (Å²) in [7, 11) is 0. The second kappa shape index (κ2) is 5.46. The van der Waals surface area contributed by atoms with E-state index in [1.165, 1.54) is 12.1 Å². The van der Waals surface area contributed by atoms with Crippen molar-refractivity contribution in [1.29, 1.82) is 0 Å². The number of hydrogen-bond donors (Lipinski definition) is 1. The molecule has 0 saturated carbocycles. The molecule has 0 aromatic heterocycles. The molecule has 14 heavy (non-hydrogen) atoms. The Morgan fingerprint density at radius 2 is 2.21 bits per heavy atom. The fourth-order valence-corrected chi connectivity index (χ4v) is 1.58. The lowest BCUT2D eigenvalue weighted by molar-refractivity contribution is 0.0955. The van der Waals surface area contributed by atoms with Crippen molar-refractivity contribution in [3.63, 3.8) is 0 Å². The number of halogens is 3. The fourth-order valence-electron chi connectivity index (χ4n) is 0.935. The number of benzene rings is 1. The first-order valence-electron chi connectivity index (χ1n) is 3.95. The maximum absolute atomic E-state index is 13.0. The van der Waals surface area contributed by atoms with Gasteiger partial charge in [0.25, 0.3) is 5.91 Å². The highest BCUT2D eigenvalue weighted by Crippen LogP contribution is 2.19. The number of hydrogen-bond acceptors (Lipinski definition) is 1. The minimum Gasteiger partial charge on any atom is -0.351 e. The molecule has 1 amide bonds. The molecule has 0 bridgehead atoms. The number of rotatable bonds is 3. The zero-order valence-electron chi connectivity index (χ0n) is 7.19. The quantitative estimate of drug-likeness (QED) is 0.851. The predicted molar refractivity (Wildman–Crippen MR) is 60.2 cm³/mol. The lowest BCUT2D eigenvalue weighted by Gasteiger charge is -2.05. The van der Waals surface area contributed by atoms with Gasteiger partial charge in [-0.2, -0.15) is 0 Å². The van der Waals surface area contributed by atoms with Gasteiger partial charge in [-0.25, -0.2) is 4.39 Å². The van der Waals surface area contributed by atoms with Gasteiger partial charge in [0.15, 0.2) is 0 Å². The first-order valence-corrected chi connectivity index (χ1v) is 5.86. The van der Waals surface area contributed by atoms with Crippen LogP contribution in [0.4, 0.5) is 4.39 Å². The lowest BCUT2D eigenvalue weighted by Crippen LogP contribution is -2.25. The molecule has 0 aliphatic carbocycles. The summed E-state index contributed by atoms with van der Waals surface area (Å²) in [5.74, 6) is -0.715. The lowest BCUT2D eigenvalue weighted by atomic mass is 10.2. The number of alkyl halides is 1. The molecule has 0 aliphatic heterocycles. The standard InChI is InChI=1S/C9H8Br2FNO/c10-4-5-13-9(14)6-2-1-3-7(12)8(6)11/h1-3H,4-5H2,(H,13,14). The zero-order chi connectivity index (χ0) is 10.6. The van der Waals surface area contributed by atoms with Crippen LogP contribution in [0.25, 0.3) is 0 Å². The van der Waals surface area contributed by atoms with Crippen molar-refractivity contribution < 1.29 is 9.18 Å². The third-order valence-electron chi connectivity index (χ3n) is 1.58. The van der Waals surface area contributed by atoms with Gasteiger partial charge in [-0.3, -0.25) is 4.79 Å². The normalized spacial score (nSPS) is 9.93. The Kier molecular flexibility index (Phi) is 4.54. The number of nitrogens with one attached hydrogen (secondary N) is 1. The molecule has 0 saturated heterocycles. The van der Waals surface area contributed by atoms with Gasteiger partial charge in [-0.05, 0) is 28.1 Å². The maximum atomic E-state index is 13.0. The molecule has 1 rings (SSSR count). The second-order valence-corrected chi connectivity index (χ2v) is 4.13. The molecule has 1 aromatic rings. The molecule has 5 heteroatoms. The molecule has 76 valence electrons. The van der Waals surface area contributed by atoms with E-state index < -0.39 is 5.82 Å². The maximum Gasteiger partial charge on any atom is 0.252 e. The van der Waals surface area contributed by atoms with E-state index in [0.717, 1.165) is 0 Å². The van der Waals surface area contributed by atoms with Crippen molar-refractivity contribution in [2.75, 3.05) is 11.9 Å². The summed E-state index contributed by atoms with van der Waals surface area (Å²) in [6, 6.07) is 4.37. The zero-order valence-corrected chi connectivity index (χ0v) is 10.4. The summed E-state index contributed by atoms with van der Waals surface area (Å²) in [6.07, 6.45) is 0. The van der Waals surface area contributed by atoms with Gasteiger partial charge in [0.2, 0.25) is 0 Å². The van der Waals surface area contributed by atoms with E-state index in [0.29, 0.717) is 17.4 Å². The largest absolute Gasteiger partial charge is 0.351 e. The summed E-state index contributed by atoms with van der Waals surface area (Å²) >= 11 is 6.21. The minimum atomic E-state index is -0.434. The highest BCUT2D eigenvalue weighted by molar-refractivity contribution is 9.10. The van der Waals surface area contributed by atoms with Crippen molar-refractivity contribution in [3.8, 4) is 0 Å². The SMILES string of the molecule is O=C(NCCBr)c1cccc(F)c1Br. The van der Waals surface area contributed by atoms with E-state index >= 15 is 0 Å². The van der Waals surface area contributed by atoms with Crippen molar-refractivity contribution in [2.24, 2.45) is 0 Å². The van der Waals surface area contributed by atoms with Crippen LogP contribution in [0, 0.1) is 5.82 Å². The highest BCUT2D eigenvalue weighted by atomic mass is 79.9. The van der Waals surface area contributed by atoms with Crippen LogP contribution in [0.1, 0.15) is 10.4 Å². The van der Waals surface area contributed by atoms with Crippen LogP contribution in [-0.4, -0.2) is 17.8 Å². The topological polar surface area (TPSA) is 29.1 Å². The van der Waals surface area contributed by atoms with E-state index in [4.69, 9.17) is 0 Å². The van der Waals surface area contributed by atoms with Gasteiger partial charge >= 0.3 is 0 Å². The molecule has 1 N–H and O–H groups in total. The van der Waals surface area contributed by atoms with Crippen LogP contribution in [0.15, 0.2) is 22.7 Å². The van der Waals surface area contributed by atoms with Gasteiger partial charge in [0.05, 0.1) is 10.0 Å². The van der Waals surface area contributed by atoms with Crippen molar-refractivity contribution in [3.05, 3.63) is 34.1 Å². The molecule has 2 nitrogen and oxygen atoms in total. The van der Waals surface area contributed by atoms with Gasteiger partial charge in [0.1, 0.15) is 5.82 Å². The molecule has 0 atom stereocenters. The van der Waals surface area contributed by atoms with Crippen LogP contribution in [-0.2, 0) is 0 Å². The van der Waals surface area contributed by atoms with E-state index in [1.54, 1.807) is 6.07 Å². The summed E-state index contributed by atoms with van der Waals surface area (Å²) in [5, 5.41) is 3.31. The first kappa shape index (κ1) is 11.7. The highest BCUT2D eigenvalue weighted by Gasteiger charge is 2.11. The summed E-state index contributed by atoms with van der Waals surface area (Å²) in [6.45, 7) is 0.516. The Labute approximate surface area is 98.1 Å². The average molecular weight is 325 g/mol. The second-order valence-electron chi connectivity index (χ2n) is 2.55. The summed E-state index contributed by atoms with van der Waals surface area (Å²) in [5.41, 5.74) is 0.311. The Balaban J connectivity index is 2.84. The van der Waals surface area contributed by atoms with Crippen LogP contribution < -0.4 is 5.32 Å². The van der Waals surface area contributed by atoms with E-state index in [1.807, 2.05) is 0 Å². The monoisotopic (exact) mass is 323 g/mol. The van der Waals surface area contributed by atoms with Gasteiger partial charge < -0.3 is 5.32 Å². The Morgan fingerprint density at radius 3 is 2.86 bits per heavy atom. The summed E-state index contributed by atoms with van der Waals surface area (Å²) in [4.78, 5) is 11.4. The Bertz CT molecular complexity index is 344. The minimum absolute atomic E-state index is 0.201. The van der Waals surface area contributed by atoms with E-state index in [9.17, 15) is 9.18 Å². The van der Waals surface area contributed by atoms with Gasteiger partial charge in [0, 0.05) is 11.9 Å². The first-order chi connectivity index (χ1) is 6.66. The van der Waals surface area contributed by atoms with Crippen LogP contribution in [0.5, 0.6) is 0 Å². The van der Waals surface area contributed by atoms with Gasteiger partial charge in [-0.1, -0.05) is 22.0 Å². The Hall–Kier alpha value is -0.420. The van der Waals surface area contributed by atoms with Crippen LogP contribution in [0.3, 0.4) is 0 Å². The molecule has 0 heterocycles. The Morgan fingerprint density at radius 1 is 1.50 bits per heavy atom. The van der Waals surface area contributed by atoms with Crippen molar-refractivity contribution in [2.45, 2.75) is 0 Å². The molecular formula is C9H8Br2FNO. The average Bonchev–Trinajstić information content (AvgIpc) is 2.18. The molecule has 0 radical (unpaired) electrons. The predicted octanol–water partition coefficient (Wildman–Crippen LogP) is 2.71. The van der Waals surface area contributed by atoms with Gasteiger partial charge in [-0.15, -0.1) is 0 Å². The van der Waals surface area contributed by atoms with E-state index in [2.05, 4.69) is 37.2 Å². The van der Waals surface area contributed by atoms with Crippen LogP contribution in [0.2, 0.25) is 0 Å². The van der Waals surface area contributed by atoms with Crippen molar-refractivity contribution >= 4 is 37.8 Å². The molecule has 0 spiro atoms. The summed E-state index contributed by atoms with van der Waals surface area (Å²) < 4.78 is 13.2. The van der Waals surface area contributed by atoms with Crippen molar-refractivity contribution in [1.82, 2.24) is 5.32 Å². The fraction of sp³-hybridized carbons (Fsp3) is 0.222. The molecule has 0 unspecified atom stereocenters. The molecule has 0 fully saturated rings. The number of carbonyl (C=O) groups excluding carboxylic acids is 1. The molecule has 1 aromatic carbocycles. The third kappa shape index (κ3) is 2.78. The number of carbonyl (C=O) groups is 1. The molecular weight excluding hydrogens is 317 g/mol. The smallest absolute Gasteiger partial charge is 0.252 e. The number of amides is 1. The van der Waals surface area contributed by atoms with Crippen LogP contribution >= 0.6 is 31.9 Å². The third-order valence-corrected chi connectivity index (χ3v) is 2.78. The van der Waals surface area contributed by atoms with E-state index in [-0.39, 0.29) is 10.4 Å².